The number of esters is 1. The average Bonchev–Trinajstić information content (AvgIpc) is 2.90. The van der Waals surface area contributed by atoms with Crippen LogP contribution in [0, 0.1) is 5.92 Å². The fourth-order valence-corrected chi connectivity index (χ4v) is 5.73. The summed E-state index contributed by atoms with van der Waals surface area (Å²) in [5, 5.41) is 0. The van der Waals surface area contributed by atoms with Gasteiger partial charge in [0.15, 0.2) is 6.10 Å². The number of para-hydroxylation sites is 1. The molecule has 1 atom stereocenters. The van der Waals surface area contributed by atoms with E-state index in [1.807, 2.05) is 53.4 Å². The Morgan fingerprint density at radius 3 is 1.97 bits per heavy atom. The minimum Gasteiger partial charge on any atom is -1.00 e. The van der Waals surface area contributed by atoms with Crippen LogP contribution in [0.25, 0.3) is 0 Å². The highest BCUT2D eigenvalue weighted by Gasteiger charge is 2.48. The summed E-state index contributed by atoms with van der Waals surface area (Å²) in [6.07, 6.45) is 2.11. The first-order valence-electron chi connectivity index (χ1n) is 13.0. The van der Waals surface area contributed by atoms with Gasteiger partial charge < -0.3 is 31.4 Å². The van der Waals surface area contributed by atoms with Crippen LogP contribution in [0.15, 0.2) is 60.7 Å². The number of ether oxygens (including phenoxy) is 1. The maximum Gasteiger partial charge on any atom is 0.303 e. The number of Topliss-reactive ketones (excluding diaryl/α,β-unsaturated/α-hetero) is 1. The smallest absolute Gasteiger partial charge is 0.303 e. The highest BCUT2D eigenvalue weighted by atomic mass is 35.5. The van der Waals surface area contributed by atoms with Crippen LogP contribution in [-0.2, 0) is 14.3 Å². The average molecular weight is 528 g/mol. The first-order chi connectivity index (χ1) is 17.3. The van der Waals surface area contributed by atoms with Gasteiger partial charge >= 0.3 is 5.97 Å². The number of benzene rings is 2. The Hall–Kier alpha value is -2.90. The first-order valence-corrected chi connectivity index (χ1v) is 13.0. The molecule has 1 amide bonds. The minimum absolute atomic E-state index is 0. The number of fused-ring (bicyclic) bond motifs is 3. The lowest BCUT2D eigenvalue weighted by molar-refractivity contribution is -0.938. The van der Waals surface area contributed by atoms with E-state index in [-0.39, 0.29) is 36.2 Å². The molecule has 0 N–H and O–H groups in total. The van der Waals surface area contributed by atoms with E-state index >= 15 is 0 Å². The molecular formula is C29H38ClN3O4. The Labute approximate surface area is 226 Å². The Morgan fingerprint density at radius 2 is 1.43 bits per heavy atom. The number of ketones is 1. The third-order valence-corrected chi connectivity index (χ3v) is 7.78. The normalized spacial score (nSPS) is 24.3. The predicted molar refractivity (Wildman–Crippen MR) is 140 cm³/mol. The number of halogens is 1. The third-order valence-electron chi connectivity index (χ3n) is 7.78. The maximum absolute atomic E-state index is 12.5. The molecule has 2 aromatic carbocycles. The largest absolute Gasteiger partial charge is 1.00 e. The number of hydrogen-bond donors (Lipinski definition) is 0. The highest BCUT2D eigenvalue weighted by Crippen LogP contribution is 2.35. The van der Waals surface area contributed by atoms with Crippen molar-refractivity contribution in [2.24, 2.45) is 5.92 Å². The molecule has 0 aliphatic carbocycles. The number of hydrogen-bond acceptors (Lipinski definition) is 5. The zero-order valence-corrected chi connectivity index (χ0v) is 22.6. The van der Waals surface area contributed by atoms with Crippen molar-refractivity contribution >= 4 is 23.3 Å². The number of piperidine rings is 3. The van der Waals surface area contributed by atoms with E-state index in [1.54, 1.807) is 6.92 Å². The van der Waals surface area contributed by atoms with Gasteiger partial charge in [0.2, 0.25) is 11.7 Å². The van der Waals surface area contributed by atoms with Crippen LogP contribution in [0.4, 0.5) is 5.69 Å². The van der Waals surface area contributed by atoms with E-state index < -0.39 is 0 Å². The van der Waals surface area contributed by atoms with E-state index in [1.165, 1.54) is 12.6 Å². The quantitative estimate of drug-likeness (QED) is 0.320. The number of carbonyl (C=O) groups is 3. The summed E-state index contributed by atoms with van der Waals surface area (Å²) < 4.78 is 6.25. The van der Waals surface area contributed by atoms with Crippen molar-refractivity contribution in [3.63, 3.8) is 0 Å². The molecule has 4 aliphatic rings. The Bertz CT molecular complexity index is 1030. The maximum atomic E-state index is 12.5. The minimum atomic E-state index is -0.207. The van der Waals surface area contributed by atoms with Crippen LogP contribution in [0.1, 0.15) is 37.0 Å². The first kappa shape index (κ1) is 28.7. The van der Waals surface area contributed by atoms with Gasteiger partial charge in [0.05, 0.1) is 13.1 Å². The Kier molecular flexibility index (Phi) is 10.1. The number of piperazine rings is 1. The highest BCUT2D eigenvalue weighted by molar-refractivity contribution is 5.96. The molecule has 6 rings (SSSR count). The molecule has 4 fully saturated rings. The lowest BCUT2D eigenvalue weighted by atomic mass is 9.83. The molecule has 0 spiro atoms. The molecule has 0 radical (unpaired) electrons. The van der Waals surface area contributed by atoms with Gasteiger partial charge in [-0.3, -0.25) is 14.4 Å². The van der Waals surface area contributed by atoms with E-state index in [9.17, 15) is 14.4 Å². The molecule has 0 aromatic heterocycles. The monoisotopic (exact) mass is 527 g/mol. The van der Waals surface area contributed by atoms with Crippen molar-refractivity contribution in [3.8, 4) is 0 Å². The Balaban J connectivity index is 0.000000211. The van der Waals surface area contributed by atoms with Gasteiger partial charge in [-0.2, -0.15) is 0 Å². The number of anilines is 1. The van der Waals surface area contributed by atoms with Crippen molar-refractivity contribution in [3.05, 3.63) is 66.2 Å². The molecule has 200 valence electrons. The van der Waals surface area contributed by atoms with Crippen molar-refractivity contribution in [1.82, 2.24) is 4.90 Å². The summed E-state index contributed by atoms with van der Waals surface area (Å²) in [5.74, 6) is 0.655. The SMILES string of the molecule is CC(=O)N1CCN(c2ccccc2)CC1.CC(=O)O[C@H]1C[N+]2(CC(=O)c3ccccc3)CCC1CC2.[Cl-]. The second-order valence-electron chi connectivity index (χ2n) is 10.2. The number of carbonyl (C=O) groups excluding carboxylic acids is 3. The fourth-order valence-electron chi connectivity index (χ4n) is 5.73. The van der Waals surface area contributed by atoms with Gasteiger partial charge in [0.25, 0.3) is 0 Å². The number of quaternary nitrogens is 1. The predicted octanol–water partition coefficient (Wildman–Crippen LogP) is 0.401. The molecule has 2 aromatic rings. The summed E-state index contributed by atoms with van der Waals surface area (Å²) in [5.41, 5.74) is 2.03. The van der Waals surface area contributed by atoms with E-state index in [2.05, 4.69) is 17.0 Å². The molecule has 7 nitrogen and oxygen atoms in total. The van der Waals surface area contributed by atoms with Crippen LogP contribution in [0.2, 0.25) is 0 Å². The number of rotatable bonds is 5. The van der Waals surface area contributed by atoms with E-state index in [4.69, 9.17) is 4.74 Å². The number of nitrogens with zero attached hydrogens (tertiary/aromatic N) is 3. The molecule has 4 heterocycles. The molecule has 37 heavy (non-hydrogen) atoms. The molecule has 8 heteroatoms. The van der Waals surface area contributed by atoms with Gasteiger partial charge in [-0.15, -0.1) is 0 Å². The molecule has 4 saturated heterocycles. The summed E-state index contributed by atoms with van der Waals surface area (Å²) in [7, 11) is 0. The van der Waals surface area contributed by atoms with Gasteiger partial charge in [0.1, 0.15) is 13.1 Å². The summed E-state index contributed by atoms with van der Waals surface area (Å²) >= 11 is 0. The lowest BCUT2D eigenvalue weighted by Crippen LogP contribution is -3.00. The molecule has 0 saturated carbocycles. The molecule has 4 aliphatic heterocycles. The zero-order chi connectivity index (χ0) is 25.5. The van der Waals surface area contributed by atoms with Crippen molar-refractivity contribution in [2.75, 3.05) is 57.3 Å². The summed E-state index contributed by atoms with van der Waals surface area (Å²) in [6, 6.07) is 19.8. The standard InChI is InChI=1S/C17H22NO3.C12H16N2O.ClH/c1-13(19)21-17-12-18(9-7-15(17)8-10-18)11-16(20)14-5-3-2-4-6-14;1-11(15)13-7-9-14(10-8-13)12-5-3-2-4-6-12;/h2-6,15,17H,7-12H2,1H3;2-6H,7-10H2,1H3;1H/q+1;;/p-1/t15?,17-,18?;;/m0../s1. The van der Waals surface area contributed by atoms with Crippen LogP contribution < -0.4 is 17.3 Å². The molecule has 0 unspecified atom stereocenters. The Morgan fingerprint density at radius 1 is 0.865 bits per heavy atom. The van der Waals surface area contributed by atoms with Gasteiger partial charge in [-0.25, -0.2) is 0 Å². The van der Waals surface area contributed by atoms with Gasteiger partial charge in [0, 0.05) is 70.0 Å². The van der Waals surface area contributed by atoms with E-state index in [0.717, 1.165) is 68.7 Å². The topological polar surface area (TPSA) is 66.9 Å². The second-order valence-corrected chi connectivity index (χ2v) is 10.2. The van der Waals surface area contributed by atoms with Gasteiger partial charge in [-0.05, 0) is 12.1 Å². The van der Waals surface area contributed by atoms with Crippen molar-refractivity contribution in [2.45, 2.75) is 32.8 Å². The summed E-state index contributed by atoms with van der Waals surface area (Å²) in [4.78, 5) is 39.1. The number of amides is 1. The zero-order valence-electron chi connectivity index (χ0n) is 21.9. The summed E-state index contributed by atoms with van der Waals surface area (Å²) in [6.45, 7) is 10.0. The van der Waals surface area contributed by atoms with Gasteiger partial charge in [-0.1, -0.05) is 48.5 Å². The van der Waals surface area contributed by atoms with E-state index in [0.29, 0.717) is 12.5 Å². The van der Waals surface area contributed by atoms with Crippen LogP contribution in [0.5, 0.6) is 0 Å². The third kappa shape index (κ3) is 7.55. The fraction of sp³-hybridized carbons (Fsp3) is 0.483. The van der Waals surface area contributed by atoms with Crippen LogP contribution in [-0.4, -0.2) is 85.5 Å². The second kappa shape index (κ2) is 13.1. The van der Waals surface area contributed by atoms with Crippen LogP contribution in [0.3, 0.4) is 0 Å². The van der Waals surface area contributed by atoms with Crippen molar-refractivity contribution in [1.29, 1.82) is 0 Å². The lowest BCUT2D eigenvalue weighted by Gasteiger charge is -2.51. The van der Waals surface area contributed by atoms with Crippen LogP contribution >= 0.6 is 0 Å². The molecule has 2 bridgehead atoms. The molecular weight excluding hydrogens is 490 g/mol. The van der Waals surface area contributed by atoms with Crippen molar-refractivity contribution < 1.29 is 36.0 Å².